The van der Waals surface area contributed by atoms with Gasteiger partial charge in [0.2, 0.25) is 5.91 Å². The van der Waals surface area contributed by atoms with E-state index in [1.807, 2.05) is 6.92 Å². The molecule has 31 heavy (non-hydrogen) atoms. The van der Waals surface area contributed by atoms with E-state index in [-0.39, 0.29) is 18.8 Å². The van der Waals surface area contributed by atoms with E-state index < -0.39 is 17.4 Å². The molecule has 1 saturated carbocycles. The number of aromatic nitrogens is 3. The van der Waals surface area contributed by atoms with Crippen molar-refractivity contribution in [1.82, 2.24) is 15.0 Å². The number of carbonyl (C=O) groups is 1. The van der Waals surface area contributed by atoms with E-state index in [0.717, 1.165) is 5.56 Å². The number of hydrogen-bond donors (Lipinski definition) is 2. The van der Waals surface area contributed by atoms with Crippen LogP contribution in [-0.2, 0) is 10.2 Å². The van der Waals surface area contributed by atoms with Crippen LogP contribution in [0.2, 0.25) is 0 Å². The molecule has 1 amide bonds. The van der Waals surface area contributed by atoms with Gasteiger partial charge in [-0.25, -0.2) is 14.8 Å². The number of halogens is 2. The van der Waals surface area contributed by atoms with Gasteiger partial charge >= 0.3 is 12.0 Å². The van der Waals surface area contributed by atoms with Crippen LogP contribution < -0.4 is 20.5 Å². The van der Waals surface area contributed by atoms with Crippen LogP contribution in [-0.4, -0.2) is 27.2 Å². The Morgan fingerprint density at radius 3 is 2.68 bits per heavy atom. The second kappa shape index (κ2) is 6.59. The Labute approximate surface area is 175 Å². The van der Waals surface area contributed by atoms with E-state index in [0.29, 0.717) is 35.5 Å². The number of nitrogens with one attached hydrogen (secondary N) is 2. The van der Waals surface area contributed by atoms with Gasteiger partial charge in [-0.3, -0.25) is 4.79 Å². The summed E-state index contributed by atoms with van der Waals surface area (Å²) in [6.07, 6.45) is 0.333. The maximum absolute atomic E-state index is 13.3. The number of pyridine rings is 1. The first-order valence-electron chi connectivity index (χ1n) is 9.50. The van der Waals surface area contributed by atoms with Crippen molar-refractivity contribution in [2.45, 2.75) is 31.5 Å². The topological polar surface area (TPSA) is 106 Å². The van der Waals surface area contributed by atoms with Crippen molar-refractivity contribution in [3.8, 4) is 22.8 Å². The van der Waals surface area contributed by atoms with E-state index in [9.17, 15) is 18.4 Å². The van der Waals surface area contributed by atoms with Crippen LogP contribution in [0, 0.1) is 6.92 Å². The minimum atomic E-state index is -3.71. The summed E-state index contributed by atoms with van der Waals surface area (Å²) >= 11 is 0. The summed E-state index contributed by atoms with van der Waals surface area (Å²) in [5.41, 5.74) is 1.26. The lowest BCUT2D eigenvalue weighted by Gasteiger charge is -2.16. The summed E-state index contributed by atoms with van der Waals surface area (Å²) in [5.74, 6) is -0.123. The number of aromatic amines is 1. The summed E-state index contributed by atoms with van der Waals surface area (Å²) in [4.78, 5) is 35.0. The van der Waals surface area contributed by atoms with Gasteiger partial charge in [0.05, 0.1) is 11.1 Å². The fraction of sp³-hybridized carbons (Fsp3) is 0.238. The fourth-order valence-corrected chi connectivity index (χ4v) is 3.62. The zero-order valence-electron chi connectivity index (χ0n) is 16.2. The molecule has 5 rings (SSSR count). The zero-order valence-corrected chi connectivity index (χ0v) is 16.2. The maximum Gasteiger partial charge on any atom is 0.586 e. The number of hydrogen-bond acceptors (Lipinski definition) is 6. The number of carbonyl (C=O) groups excluding carboxylic acids is 1. The van der Waals surface area contributed by atoms with Crippen molar-refractivity contribution in [2.75, 3.05) is 5.32 Å². The molecule has 0 bridgehead atoms. The highest BCUT2D eigenvalue weighted by Gasteiger charge is 2.53. The molecule has 0 radical (unpaired) electrons. The molecule has 8 nitrogen and oxygen atoms in total. The quantitative estimate of drug-likeness (QED) is 0.660. The summed E-state index contributed by atoms with van der Waals surface area (Å²) in [7, 11) is 0. The maximum atomic E-state index is 13.3. The first-order valence-corrected chi connectivity index (χ1v) is 9.50. The summed E-state index contributed by atoms with van der Waals surface area (Å²) in [6.45, 7) is 1.85. The Kier molecular flexibility index (Phi) is 4.07. The average Bonchev–Trinajstić information content (AvgIpc) is 3.47. The third-order valence-corrected chi connectivity index (χ3v) is 5.42. The normalized spacial score (nSPS) is 17.3. The largest absolute Gasteiger partial charge is 0.586 e. The molecule has 2 aliphatic rings. The van der Waals surface area contributed by atoms with Crippen molar-refractivity contribution in [2.24, 2.45) is 0 Å². The summed E-state index contributed by atoms with van der Waals surface area (Å²) < 4.78 is 35.5. The standard InChI is InChI=1S/C21H16F2N4O4.H2/c1-11-2-5-16(26-17(11)12-9-24-19(29)25-10-12)27-18(28)20(6-7-20)13-3-4-14-15(8-13)31-21(22,23)30-14;/h2-5,8-10H,6-7H2,1H3,(H,24,25,29)(H,26,27,28);1H. The average molecular weight is 428 g/mol. The first kappa shape index (κ1) is 19.2. The van der Waals surface area contributed by atoms with Crippen LogP contribution in [0.25, 0.3) is 11.3 Å². The number of nitrogens with zero attached hydrogens (tertiary/aromatic N) is 2. The van der Waals surface area contributed by atoms with Crippen LogP contribution in [0.1, 0.15) is 25.4 Å². The third kappa shape index (κ3) is 3.39. The molecule has 0 saturated heterocycles. The number of anilines is 1. The van der Waals surface area contributed by atoms with E-state index in [1.54, 1.807) is 18.2 Å². The van der Waals surface area contributed by atoms with Gasteiger partial charge < -0.3 is 19.8 Å². The van der Waals surface area contributed by atoms with Gasteiger partial charge in [-0.1, -0.05) is 12.1 Å². The number of H-pyrrole nitrogens is 1. The number of benzene rings is 1. The molecule has 0 atom stereocenters. The molecule has 2 N–H and O–H groups in total. The van der Waals surface area contributed by atoms with Gasteiger partial charge in [0, 0.05) is 19.4 Å². The molecular weight excluding hydrogens is 410 g/mol. The Bertz CT molecular complexity index is 1260. The molecule has 1 aliphatic carbocycles. The predicted molar refractivity (Wildman–Crippen MR) is 107 cm³/mol. The minimum Gasteiger partial charge on any atom is -0.395 e. The van der Waals surface area contributed by atoms with Crippen LogP contribution in [0.15, 0.2) is 47.5 Å². The molecule has 1 aliphatic heterocycles. The SMILES string of the molecule is Cc1ccc(NC(=O)C2(c3ccc4c(c3)OC(F)(F)O4)CC2)nc1-c1cnc(=O)[nH]c1.[HH]. The highest BCUT2D eigenvalue weighted by Crippen LogP contribution is 2.52. The monoisotopic (exact) mass is 428 g/mol. The number of aryl methyl sites for hydroxylation is 1. The molecule has 1 fully saturated rings. The number of fused-ring (bicyclic) bond motifs is 1. The van der Waals surface area contributed by atoms with Crippen molar-refractivity contribution in [3.63, 3.8) is 0 Å². The molecule has 3 aromatic rings. The summed E-state index contributed by atoms with van der Waals surface area (Å²) in [6, 6.07) is 7.86. The predicted octanol–water partition coefficient (Wildman–Crippen LogP) is 3.38. The van der Waals surface area contributed by atoms with Crippen LogP contribution in [0.5, 0.6) is 11.5 Å². The van der Waals surface area contributed by atoms with E-state index >= 15 is 0 Å². The molecule has 2 aromatic heterocycles. The van der Waals surface area contributed by atoms with Crippen LogP contribution >= 0.6 is 0 Å². The number of amides is 1. The van der Waals surface area contributed by atoms with Gasteiger partial charge in [-0.15, -0.1) is 8.78 Å². The third-order valence-electron chi connectivity index (χ3n) is 5.42. The van der Waals surface area contributed by atoms with Gasteiger partial charge in [-0.05, 0) is 49.1 Å². The molecule has 160 valence electrons. The van der Waals surface area contributed by atoms with Gasteiger partial charge in [0.15, 0.2) is 11.5 Å². The lowest BCUT2D eigenvalue weighted by molar-refractivity contribution is -0.286. The lowest BCUT2D eigenvalue weighted by Crippen LogP contribution is -2.28. The fourth-order valence-electron chi connectivity index (χ4n) is 3.62. The lowest BCUT2D eigenvalue weighted by atomic mass is 9.94. The summed E-state index contributed by atoms with van der Waals surface area (Å²) in [5, 5.41) is 2.81. The zero-order chi connectivity index (χ0) is 21.8. The molecule has 10 heteroatoms. The Morgan fingerprint density at radius 2 is 1.97 bits per heavy atom. The van der Waals surface area contributed by atoms with Crippen molar-refractivity contribution in [3.05, 3.63) is 64.3 Å². The molecule has 3 heterocycles. The second-order valence-corrected chi connectivity index (χ2v) is 7.53. The van der Waals surface area contributed by atoms with Gasteiger partial charge in [-0.2, -0.15) is 0 Å². The van der Waals surface area contributed by atoms with Crippen LogP contribution in [0.3, 0.4) is 0 Å². The highest BCUT2D eigenvalue weighted by molar-refractivity contribution is 6.01. The Balaban J connectivity index is 0.00000245. The molecule has 1 aromatic carbocycles. The van der Waals surface area contributed by atoms with Crippen molar-refractivity contribution < 1.29 is 24.5 Å². The smallest absolute Gasteiger partial charge is 0.395 e. The molecule has 0 spiro atoms. The number of alkyl halides is 2. The first-order chi connectivity index (χ1) is 14.8. The van der Waals surface area contributed by atoms with E-state index in [4.69, 9.17) is 0 Å². The van der Waals surface area contributed by atoms with Crippen molar-refractivity contribution in [1.29, 1.82) is 0 Å². The number of ether oxygens (including phenoxy) is 2. The second-order valence-electron chi connectivity index (χ2n) is 7.53. The Hall–Kier alpha value is -3.82. The van der Waals surface area contributed by atoms with Gasteiger partial charge in [0.1, 0.15) is 5.82 Å². The molecule has 0 unspecified atom stereocenters. The van der Waals surface area contributed by atoms with Crippen LogP contribution in [0.4, 0.5) is 14.6 Å². The van der Waals surface area contributed by atoms with E-state index in [2.05, 4.69) is 29.7 Å². The van der Waals surface area contributed by atoms with E-state index in [1.165, 1.54) is 24.5 Å². The number of rotatable bonds is 4. The van der Waals surface area contributed by atoms with Crippen molar-refractivity contribution >= 4 is 11.7 Å². The highest BCUT2D eigenvalue weighted by atomic mass is 19.3. The Morgan fingerprint density at radius 1 is 1.19 bits per heavy atom. The molecular formula is C21H18F2N4O4. The van der Waals surface area contributed by atoms with Gasteiger partial charge in [0.25, 0.3) is 0 Å². The minimum absolute atomic E-state index is 0.